The summed E-state index contributed by atoms with van der Waals surface area (Å²) >= 11 is 1.77. The van der Waals surface area contributed by atoms with Crippen LogP contribution in [0.2, 0.25) is 0 Å². The number of carbonyl (C=O) groups is 1. The van der Waals surface area contributed by atoms with Crippen molar-refractivity contribution in [3.63, 3.8) is 0 Å². The molecule has 6 nitrogen and oxygen atoms in total. The Hall–Kier alpha value is -1.86. The number of aryl methyl sites for hydroxylation is 2. The van der Waals surface area contributed by atoms with Gasteiger partial charge in [0.05, 0.1) is 5.52 Å². The summed E-state index contributed by atoms with van der Waals surface area (Å²) in [7, 11) is 1.83. The molecule has 1 aliphatic heterocycles. The molecule has 2 aromatic heterocycles. The van der Waals surface area contributed by atoms with Gasteiger partial charge in [-0.2, -0.15) is 0 Å². The van der Waals surface area contributed by atoms with Crippen LogP contribution < -0.4 is 16.2 Å². The third kappa shape index (κ3) is 4.02. The van der Waals surface area contributed by atoms with Crippen molar-refractivity contribution < 1.29 is 4.79 Å². The van der Waals surface area contributed by atoms with Gasteiger partial charge >= 0.3 is 0 Å². The summed E-state index contributed by atoms with van der Waals surface area (Å²) < 4.78 is 1.73. The van der Waals surface area contributed by atoms with Gasteiger partial charge in [0.1, 0.15) is 5.50 Å². The fraction of sp³-hybridized carbons (Fsp3) is 0.609. The van der Waals surface area contributed by atoms with Crippen LogP contribution in [0, 0.1) is 18.8 Å². The van der Waals surface area contributed by atoms with Crippen molar-refractivity contribution in [3.05, 3.63) is 39.9 Å². The summed E-state index contributed by atoms with van der Waals surface area (Å²) in [6.45, 7) is 8.46. The number of nitrogens with one attached hydrogen (secondary N) is 2. The minimum Gasteiger partial charge on any atom is -0.332 e. The second kappa shape index (κ2) is 8.35. The normalized spacial score (nSPS) is 31.8. The van der Waals surface area contributed by atoms with Crippen molar-refractivity contribution >= 4 is 28.6 Å². The summed E-state index contributed by atoms with van der Waals surface area (Å²) in [5.41, 5.74) is 2.64. The molecular formula is C23H32N4O2S. The molecule has 6 unspecified atom stereocenters. The van der Waals surface area contributed by atoms with E-state index in [9.17, 15) is 9.59 Å². The Bertz CT molecular complexity index is 1010. The molecule has 3 heterocycles. The molecule has 1 saturated heterocycles. The molecule has 1 amide bonds. The molecule has 4 rings (SSSR count). The van der Waals surface area contributed by atoms with E-state index in [2.05, 4.69) is 36.4 Å². The van der Waals surface area contributed by atoms with Crippen LogP contribution in [0.25, 0.3) is 10.9 Å². The van der Waals surface area contributed by atoms with Gasteiger partial charge in [0, 0.05) is 47.1 Å². The lowest BCUT2D eigenvalue weighted by molar-refractivity contribution is -0.126. The van der Waals surface area contributed by atoms with E-state index >= 15 is 0 Å². The SMILES string of the molecule is Cc1cc2c(cn1)cc(C1CC(C(=O)NC3NC(C)C(C)S3)CCC1C)c(=O)n2C. The zero-order chi connectivity index (χ0) is 21.6. The van der Waals surface area contributed by atoms with Crippen LogP contribution in [-0.2, 0) is 11.8 Å². The number of amides is 1. The Morgan fingerprint density at radius 1 is 1.27 bits per heavy atom. The Morgan fingerprint density at radius 3 is 2.73 bits per heavy atom. The Kier molecular flexibility index (Phi) is 5.95. The number of aromatic nitrogens is 2. The van der Waals surface area contributed by atoms with Gasteiger partial charge in [0.2, 0.25) is 5.91 Å². The lowest BCUT2D eigenvalue weighted by atomic mass is 9.71. The highest BCUT2D eigenvalue weighted by Gasteiger charge is 2.36. The van der Waals surface area contributed by atoms with Crippen LogP contribution in [0.1, 0.15) is 57.2 Å². The fourth-order valence-electron chi connectivity index (χ4n) is 4.82. The minimum absolute atomic E-state index is 0.0249. The number of rotatable bonds is 3. The average Bonchev–Trinajstić information content (AvgIpc) is 3.02. The van der Waals surface area contributed by atoms with Crippen LogP contribution in [0.15, 0.2) is 23.1 Å². The molecule has 0 aromatic carbocycles. The van der Waals surface area contributed by atoms with E-state index in [0.29, 0.717) is 17.2 Å². The highest BCUT2D eigenvalue weighted by atomic mass is 32.2. The number of fused-ring (bicyclic) bond motifs is 1. The van der Waals surface area contributed by atoms with Gasteiger partial charge < -0.3 is 9.88 Å². The van der Waals surface area contributed by atoms with Gasteiger partial charge in [-0.15, -0.1) is 11.8 Å². The standard InChI is InChI=1S/C23H32N4O2S/c1-12-6-7-16(21(28)26-23-25-14(3)15(4)30-23)9-18(12)19-10-17-11-24-13(2)8-20(17)27(5)22(19)29/h8,10-12,14-16,18,23,25H,6-7,9H2,1-5H3,(H,26,28). The van der Waals surface area contributed by atoms with E-state index in [0.717, 1.165) is 41.4 Å². The average molecular weight is 429 g/mol. The quantitative estimate of drug-likeness (QED) is 0.785. The molecule has 2 fully saturated rings. The van der Waals surface area contributed by atoms with Crippen molar-refractivity contribution in [2.75, 3.05) is 0 Å². The van der Waals surface area contributed by atoms with Crippen molar-refractivity contribution in [2.45, 2.75) is 69.7 Å². The van der Waals surface area contributed by atoms with Crippen LogP contribution in [0.3, 0.4) is 0 Å². The number of thioether (sulfide) groups is 1. The Balaban J connectivity index is 1.57. The van der Waals surface area contributed by atoms with Gasteiger partial charge in [-0.05, 0) is 57.1 Å². The van der Waals surface area contributed by atoms with Crippen molar-refractivity contribution in [3.8, 4) is 0 Å². The lowest BCUT2D eigenvalue weighted by Gasteiger charge is -2.34. The zero-order valence-corrected chi connectivity index (χ0v) is 19.3. The van der Waals surface area contributed by atoms with Gasteiger partial charge in [0.15, 0.2) is 0 Å². The molecular weight excluding hydrogens is 396 g/mol. The molecule has 0 bridgehead atoms. The smallest absolute Gasteiger partial charge is 0.254 e. The number of hydrogen-bond acceptors (Lipinski definition) is 5. The van der Waals surface area contributed by atoms with E-state index in [4.69, 9.17) is 0 Å². The molecule has 7 heteroatoms. The summed E-state index contributed by atoms with van der Waals surface area (Å²) in [6, 6.07) is 4.34. The first kappa shape index (κ1) is 21.4. The summed E-state index contributed by atoms with van der Waals surface area (Å²) in [5, 5.41) is 8.07. The van der Waals surface area contributed by atoms with E-state index in [1.165, 1.54) is 0 Å². The third-order valence-electron chi connectivity index (χ3n) is 6.98. The van der Waals surface area contributed by atoms with Crippen molar-refractivity contribution in [2.24, 2.45) is 18.9 Å². The van der Waals surface area contributed by atoms with E-state index in [1.807, 2.05) is 32.3 Å². The molecule has 1 saturated carbocycles. The minimum atomic E-state index is -0.0589. The van der Waals surface area contributed by atoms with Gasteiger partial charge in [-0.3, -0.25) is 19.9 Å². The van der Waals surface area contributed by atoms with Gasteiger partial charge in [-0.1, -0.05) is 13.8 Å². The van der Waals surface area contributed by atoms with Crippen LogP contribution in [0.5, 0.6) is 0 Å². The predicted octanol–water partition coefficient (Wildman–Crippen LogP) is 3.27. The third-order valence-corrected chi connectivity index (χ3v) is 8.34. The molecule has 162 valence electrons. The second-order valence-corrected chi connectivity index (χ2v) is 10.6. The molecule has 1 aliphatic carbocycles. The molecule has 6 atom stereocenters. The predicted molar refractivity (Wildman–Crippen MR) is 123 cm³/mol. The maximum Gasteiger partial charge on any atom is 0.254 e. The number of nitrogens with zero attached hydrogens (tertiary/aromatic N) is 2. The summed E-state index contributed by atoms with van der Waals surface area (Å²) in [5.74, 6) is 0.502. The first-order chi connectivity index (χ1) is 14.2. The molecule has 2 aromatic rings. The second-order valence-electron chi connectivity index (χ2n) is 9.13. The lowest BCUT2D eigenvalue weighted by Crippen LogP contribution is -2.45. The molecule has 30 heavy (non-hydrogen) atoms. The zero-order valence-electron chi connectivity index (χ0n) is 18.4. The molecule has 0 spiro atoms. The highest BCUT2D eigenvalue weighted by molar-refractivity contribution is 8.00. The Labute approximate surface area is 182 Å². The van der Waals surface area contributed by atoms with Crippen molar-refractivity contribution in [1.82, 2.24) is 20.2 Å². The first-order valence-electron chi connectivity index (χ1n) is 10.9. The number of pyridine rings is 2. The molecule has 2 N–H and O–H groups in total. The maximum atomic E-state index is 13.2. The number of carbonyl (C=O) groups excluding carboxylic acids is 1. The monoisotopic (exact) mass is 428 g/mol. The van der Waals surface area contributed by atoms with Gasteiger partial charge in [-0.25, -0.2) is 0 Å². The van der Waals surface area contributed by atoms with Crippen molar-refractivity contribution in [1.29, 1.82) is 0 Å². The number of hydrogen-bond donors (Lipinski definition) is 2. The van der Waals surface area contributed by atoms with Crippen LogP contribution in [0.4, 0.5) is 0 Å². The summed E-state index contributed by atoms with van der Waals surface area (Å²) in [4.78, 5) is 30.6. The Morgan fingerprint density at radius 2 is 2.03 bits per heavy atom. The highest BCUT2D eigenvalue weighted by Crippen LogP contribution is 2.40. The molecule has 0 radical (unpaired) electrons. The van der Waals surface area contributed by atoms with Gasteiger partial charge in [0.25, 0.3) is 5.56 Å². The summed E-state index contributed by atoms with van der Waals surface area (Å²) in [6.07, 6.45) is 4.39. The van der Waals surface area contributed by atoms with E-state index in [1.54, 1.807) is 16.3 Å². The van der Waals surface area contributed by atoms with E-state index < -0.39 is 0 Å². The topological polar surface area (TPSA) is 76.0 Å². The van der Waals surface area contributed by atoms with Crippen LogP contribution in [-0.4, -0.2) is 32.2 Å². The molecule has 2 aliphatic rings. The largest absolute Gasteiger partial charge is 0.332 e. The maximum absolute atomic E-state index is 13.2. The van der Waals surface area contributed by atoms with Crippen LogP contribution >= 0.6 is 11.8 Å². The van der Waals surface area contributed by atoms with E-state index in [-0.39, 0.29) is 28.8 Å². The first-order valence-corrected chi connectivity index (χ1v) is 11.9. The fourth-order valence-corrected chi connectivity index (χ4v) is 6.04.